The lowest BCUT2D eigenvalue weighted by atomic mass is 9.88. The summed E-state index contributed by atoms with van der Waals surface area (Å²) in [6.45, 7) is 6.77. The summed E-state index contributed by atoms with van der Waals surface area (Å²) in [6.07, 6.45) is 14.9. The molecule has 1 saturated heterocycles. The Kier molecular flexibility index (Phi) is 5.17. The Labute approximate surface area is 119 Å². The maximum Gasteiger partial charge on any atom is 0.0113 e. The van der Waals surface area contributed by atoms with Crippen LogP contribution in [0, 0.1) is 5.92 Å². The summed E-state index contributed by atoms with van der Waals surface area (Å²) in [5.41, 5.74) is 0. The standard InChI is InChI=1S/C17H32N2/c1-3-7-16(8-4-1)15-18-11-13-19(14-12-18)17-9-5-2-6-10-17/h16-17H,1-15H2. The monoisotopic (exact) mass is 264 g/mol. The molecule has 1 heterocycles. The van der Waals surface area contributed by atoms with Gasteiger partial charge in [0.1, 0.15) is 0 Å². The van der Waals surface area contributed by atoms with Gasteiger partial charge in [0.05, 0.1) is 0 Å². The second-order valence-corrected chi connectivity index (χ2v) is 7.13. The molecule has 0 aromatic heterocycles. The average Bonchev–Trinajstić information content (AvgIpc) is 2.50. The molecule has 2 saturated carbocycles. The van der Waals surface area contributed by atoms with Gasteiger partial charge in [-0.3, -0.25) is 4.90 Å². The summed E-state index contributed by atoms with van der Waals surface area (Å²) in [5.74, 6) is 1.02. The van der Waals surface area contributed by atoms with E-state index in [1.165, 1.54) is 96.9 Å². The van der Waals surface area contributed by atoms with E-state index in [1.54, 1.807) is 0 Å². The van der Waals surface area contributed by atoms with E-state index in [9.17, 15) is 0 Å². The largest absolute Gasteiger partial charge is 0.301 e. The second kappa shape index (κ2) is 7.08. The molecule has 19 heavy (non-hydrogen) atoms. The van der Waals surface area contributed by atoms with Gasteiger partial charge in [0.15, 0.2) is 0 Å². The van der Waals surface area contributed by atoms with Crippen LogP contribution in [0.1, 0.15) is 64.2 Å². The van der Waals surface area contributed by atoms with Gasteiger partial charge in [-0.2, -0.15) is 0 Å². The molecular formula is C17H32N2. The fraction of sp³-hybridized carbons (Fsp3) is 1.00. The summed E-state index contributed by atoms with van der Waals surface area (Å²) < 4.78 is 0. The highest BCUT2D eigenvalue weighted by Gasteiger charge is 2.26. The highest BCUT2D eigenvalue weighted by Crippen LogP contribution is 2.26. The molecule has 2 heteroatoms. The van der Waals surface area contributed by atoms with E-state index < -0.39 is 0 Å². The van der Waals surface area contributed by atoms with Crippen LogP contribution in [0.25, 0.3) is 0 Å². The van der Waals surface area contributed by atoms with Gasteiger partial charge >= 0.3 is 0 Å². The average molecular weight is 264 g/mol. The minimum Gasteiger partial charge on any atom is -0.301 e. The van der Waals surface area contributed by atoms with E-state index >= 15 is 0 Å². The van der Waals surface area contributed by atoms with Crippen LogP contribution in [-0.4, -0.2) is 48.6 Å². The Bertz CT molecular complexity index is 246. The third-order valence-corrected chi connectivity index (χ3v) is 5.74. The highest BCUT2D eigenvalue weighted by molar-refractivity contribution is 4.82. The molecule has 2 nitrogen and oxygen atoms in total. The third-order valence-electron chi connectivity index (χ3n) is 5.74. The van der Waals surface area contributed by atoms with Crippen LogP contribution in [0.15, 0.2) is 0 Å². The molecule has 0 radical (unpaired) electrons. The summed E-state index contributed by atoms with van der Waals surface area (Å²) in [6, 6.07) is 0.936. The zero-order valence-corrected chi connectivity index (χ0v) is 12.7. The fourth-order valence-electron chi connectivity index (χ4n) is 4.49. The van der Waals surface area contributed by atoms with Crippen molar-refractivity contribution < 1.29 is 0 Å². The van der Waals surface area contributed by atoms with Crippen molar-refractivity contribution in [2.75, 3.05) is 32.7 Å². The first-order chi connectivity index (χ1) is 9.42. The van der Waals surface area contributed by atoms with Crippen LogP contribution < -0.4 is 0 Å². The third kappa shape index (κ3) is 3.95. The van der Waals surface area contributed by atoms with E-state index in [1.807, 2.05) is 0 Å². The van der Waals surface area contributed by atoms with Crippen LogP contribution in [0.4, 0.5) is 0 Å². The van der Waals surface area contributed by atoms with Crippen LogP contribution in [0.3, 0.4) is 0 Å². The van der Waals surface area contributed by atoms with Gasteiger partial charge in [-0.25, -0.2) is 0 Å². The predicted molar refractivity (Wildman–Crippen MR) is 81.5 cm³/mol. The lowest BCUT2D eigenvalue weighted by molar-refractivity contribution is 0.0671. The van der Waals surface area contributed by atoms with E-state index in [4.69, 9.17) is 0 Å². The predicted octanol–water partition coefficient (Wildman–Crippen LogP) is 3.52. The molecule has 0 N–H and O–H groups in total. The Morgan fingerprint density at radius 3 is 1.84 bits per heavy atom. The van der Waals surface area contributed by atoms with Crippen LogP contribution >= 0.6 is 0 Å². The molecule has 0 aromatic carbocycles. The molecule has 0 spiro atoms. The molecule has 0 bridgehead atoms. The number of nitrogens with zero attached hydrogens (tertiary/aromatic N) is 2. The molecule has 0 atom stereocenters. The smallest absolute Gasteiger partial charge is 0.0113 e. The van der Waals surface area contributed by atoms with Crippen molar-refractivity contribution in [3.05, 3.63) is 0 Å². The first-order valence-electron chi connectivity index (χ1n) is 8.88. The van der Waals surface area contributed by atoms with Crippen molar-refractivity contribution in [3.63, 3.8) is 0 Å². The van der Waals surface area contributed by atoms with Crippen LogP contribution in [0.2, 0.25) is 0 Å². The SMILES string of the molecule is C1CCC(CN2CCN(C3CCCCC3)CC2)CC1. The van der Waals surface area contributed by atoms with Gasteiger partial charge in [0.25, 0.3) is 0 Å². The number of piperazine rings is 1. The van der Waals surface area contributed by atoms with Gasteiger partial charge in [0, 0.05) is 38.8 Å². The first-order valence-corrected chi connectivity index (χ1v) is 8.88. The van der Waals surface area contributed by atoms with Gasteiger partial charge in [-0.05, 0) is 31.6 Å². The van der Waals surface area contributed by atoms with Gasteiger partial charge < -0.3 is 4.90 Å². The van der Waals surface area contributed by atoms with Crippen molar-refractivity contribution in [1.29, 1.82) is 0 Å². The lowest BCUT2D eigenvalue weighted by Gasteiger charge is -2.42. The second-order valence-electron chi connectivity index (χ2n) is 7.13. The number of hydrogen-bond donors (Lipinski definition) is 0. The Hall–Kier alpha value is -0.0800. The molecule has 1 aliphatic heterocycles. The van der Waals surface area contributed by atoms with Crippen molar-refractivity contribution >= 4 is 0 Å². The van der Waals surface area contributed by atoms with Crippen molar-refractivity contribution in [1.82, 2.24) is 9.80 Å². The molecule has 0 unspecified atom stereocenters. The van der Waals surface area contributed by atoms with Gasteiger partial charge in [-0.15, -0.1) is 0 Å². The molecule has 3 aliphatic rings. The fourth-order valence-corrected chi connectivity index (χ4v) is 4.49. The van der Waals surface area contributed by atoms with Gasteiger partial charge in [0.2, 0.25) is 0 Å². The van der Waals surface area contributed by atoms with Crippen molar-refractivity contribution in [2.24, 2.45) is 5.92 Å². The molecule has 3 rings (SSSR count). The quantitative estimate of drug-likeness (QED) is 0.769. The lowest BCUT2D eigenvalue weighted by Crippen LogP contribution is -2.51. The summed E-state index contributed by atoms with van der Waals surface area (Å²) in [4.78, 5) is 5.56. The maximum atomic E-state index is 2.80. The molecule has 110 valence electrons. The minimum atomic E-state index is 0.936. The molecular weight excluding hydrogens is 232 g/mol. The summed E-state index contributed by atoms with van der Waals surface area (Å²) in [5, 5.41) is 0. The Balaban J connectivity index is 1.38. The molecule has 0 amide bonds. The Morgan fingerprint density at radius 1 is 0.632 bits per heavy atom. The van der Waals surface area contributed by atoms with Crippen LogP contribution in [0.5, 0.6) is 0 Å². The Morgan fingerprint density at radius 2 is 1.21 bits per heavy atom. The summed E-state index contributed by atoms with van der Waals surface area (Å²) >= 11 is 0. The van der Waals surface area contributed by atoms with E-state index in [2.05, 4.69) is 9.80 Å². The van der Waals surface area contributed by atoms with Crippen LogP contribution in [-0.2, 0) is 0 Å². The first kappa shape index (κ1) is 13.9. The molecule has 0 aromatic rings. The topological polar surface area (TPSA) is 6.48 Å². The molecule has 2 aliphatic carbocycles. The number of hydrogen-bond acceptors (Lipinski definition) is 2. The molecule has 3 fully saturated rings. The number of rotatable bonds is 3. The maximum absolute atomic E-state index is 2.80. The van der Waals surface area contributed by atoms with E-state index in [0.29, 0.717) is 0 Å². The summed E-state index contributed by atoms with van der Waals surface area (Å²) in [7, 11) is 0. The zero-order chi connectivity index (χ0) is 12.9. The van der Waals surface area contributed by atoms with Gasteiger partial charge in [-0.1, -0.05) is 38.5 Å². The zero-order valence-electron chi connectivity index (χ0n) is 12.7. The van der Waals surface area contributed by atoms with Crippen molar-refractivity contribution in [2.45, 2.75) is 70.3 Å². The van der Waals surface area contributed by atoms with Crippen molar-refractivity contribution in [3.8, 4) is 0 Å². The van der Waals surface area contributed by atoms with E-state index in [-0.39, 0.29) is 0 Å². The highest BCUT2D eigenvalue weighted by atomic mass is 15.3. The minimum absolute atomic E-state index is 0.936. The van der Waals surface area contributed by atoms with E-state index in [0.717, 1.165) is 12.0 Å². The normalized spacial score (nSPS) is 29.7.